The van der Waals surface area contributed by atoms with Crippen molar-refractivity contribution in [2.24, 2.45) is 5.41 Å². The second kappa shape index (κ2) is 6.20. The van der Waals surface area contributed by atoms with Crippen molar-refractivity contribution in [3.63, 3.8) is 0 Å². The zero-order chi connectivity index (χ0) is 18.3. The summed E-state index contributed by atoms with van der Waals surface area (Å²) in [5, 5.41) is 10.1. The molecule has 1 aliphatic heterocycles. The zero-order valence-electron chi connectivity index (χ0n) is 14.1. The number of hydrogen-bond acceptors (Lipinski definition) is 3. The van der Waals surface area contributed by atoms with Crippen LogP contribution in [0.15, 0.2) is 24.3 Å². The second-order valence-corrected chi connectivity index (χ2v) is 7.38. The Morgan fingerprint density at radius 3 is 2.28 bits per heavy atom. The van der Waals surface area contributed by atoms with Gasteiger partial charge in [-0.05, 0) is 63.3 Å². The van der Waals surface area contributed by atoms with Crippen LogP contribution in [0.2, 0.25) is 0 Å². The number of carbonyl (C=O) groups excluding carboxylic acids is 1. The number of alkyl halides is 3. The Balaban J connectivity index is 1.66. The van der Waals surface area contributed by atoms with Gasteiger partial charge in [0.05, 0.1) is 11.0 Å². The van der Waals surface area contributed by atoms with Gasteiger partial charge >= 0.3 is 6.18 Å². The molecule has 1 aromatic rings. The van der Waals surface area contributed by atoms with E-state index in [0.717, 1.165) is 6.42 Å². The Hall–Kier alpha value is -1.76. The summed E-state index contributed by atoms with van der Waals surface area (Å²) in [5.41, 5.74) is -0.442. The first-order valence-corrected chi connectivity index (χ1v) is 8.44. The number of hydrogen-bond donors (Lipinski definition) is 1. The van der Waals surface area contributed by atoms with Gasteiger partial charge in [0.1, 0.15) is 5.75 Å². The van der Waals surface area contributed by atoms with Crippen molar-refractivity contribution in [1.82, 2.24) is 0 Å². The molecule has 1 spiro atoms. The van der Waals surface area contributed by atoms with Crippen LogP contribution in [0.1, 0.15) is 39.0 Å². The Bertz CT molecular complexity index is 630. The molecule has 0 radical (unpaired) electrons. The first-order chi connectivity index (χ1) is 11.6. The van der Waals surface area contributed by atoms with Gasteiger partial charge in [0.15, 0.2) is 6.61 Å². The predicted molar refractivity (Wildman–Crippen MR) is 86.5 cm³/mol. The Morgan fingerprint density at radius 2 is 1.72 bits per heavy atom. The molecular weight excluding hydrogens is 335 g/mol. The van der Waals surface area contributed by atoms with E-state index in [2.05, 4.69) is 0 Å². The van der Waals surface area contributed by atoms with Gasteiger partial charge in [0.2, 0.25) is 5.91 Å². The SMILES string of the molecule is C[C@]1(O)CC[C@@]2(CCN(c3ccc(OCC(F)(F)F)cc3)C2=O)CC1. The first-order valence-electron chi connectivity index (χ1n) is 8.44. The Morgan fingerprint density at radius 1 is 1.12 bits per heavy atom. The van der Waals surface area contributed by atoms with E-state index in [1.54, 1.807) is 24.0 Å². The topological polar surface area (TPSA) is 49.8 Å². The molecule has 2 fully saturated rings. The van der Waals surface area contributed by atoms with Crippen LogP contribution in [-0.2, 0) is 4.79 Å². The van der Waals surface area contributed by atoms with Gasteiger partial charge in [0, 0.05) is 12.2 Å². The molecule has 3 rings (SSSR count). The number of halogens is 3. The van der Waals surface area contributed by atoms with E-state index in [9.17, 15) is 23.1 Å². The van der Waals surface area contributed by atoms with E-state index in [0.29, 0.717) is 37.9 Å². The van der Waals surface area contributed by atoms with Crippen LogP contribution in [0.3, 0.4) is 0 Å². The molecule has 4 nitrogen and oxygen atoms in total. The molecule has 1 amide bonds. The minimum atomic E-state index is -4.38. The normalized spacial score (nSPS) is 30.1. The van der Waals surface area contributed by atoms with Crippen LogP contribution in [0, 0.1) is 5.41 Å². The van der Waals surface area contributed by atoms with Crippen LogP contribution >= 0.6 is 0 Å². The van der Waals surface area contributed by atoms with Crippen molar-refractivity contribution in [3.8, 4) is 5.75 Å². The largest absolute Gasteiger partial charge is 0.484 e. The third-order valence-electron chi connectivity index (χ3n) is 5.35. The number of ether oxygens (including phenoxy) is 1. The van der Waals surface area contributed by atoms with E-state index in [1.807, 2.05) is 0 Å². The third-order valence-corrected chi connectivity index (χ3v) is 5.35. The molecular formula is C18H22F3NO3. The number of amides is 1. The van der Waals surface area contributed by atoms with Crippen molar-refractivity contribution in [3.05, 3.63) is 24.3 Å². The lowest BCUT2D eigenvalue weighted by Crippen LogP contribution is -2.42. The fourth-order valence-corrected chi connectivity index (χ4v) is 3.69. The quantitative estimate of drug-likeness (QED) is 0.898. The standard InChI is InChI=1S/C18H22F3NO3/c1-16(24)6-8-17(9-7-16)10-11-22(15(17)23)13-2-4-14(5-3-13)25-12-18(19,20)21/h2-5,24H,6-12H2,1H3/t16-,17-. The highest BCUT2D eigenvalue weighted by Gasteiger charge is 2.50. The van der Waals surface area contributed by atoms with Crippen molar-refractivity contribution >= 4 is 11.6 Å². The number of aliphatic hydroxyl groups is 1. The van der Waals surface area contributed by atoms with Crippen molar-refractivity contribution in [2.45, 2.75) is 50.8 Å². The second-order valence-electron chi connectivity index (χ2n) is 7.38. The molecule has 7 heteroatoms. The molecule has 1 aliphatic carbocycles. The van der Waals surface area contributed by atoms with Gasteiger partial charge in [0.25, 0.3) is 0 Å². The van der Waals surface area contributed by atoms with Crippen LogP contribution in [0.5, 0.6) is 5.75 Å². The molecule has 1 aromatic carbocycles. The highest BCUT2D eigenvalue weighted by atomic mass is 19.4. The lowest BCUT2D eigenvalue weighted by Gasteiger charge is -2.38. The zero-order valence-corrected chi connectivity index (χ0v) is 14.1. The van der Waals surface area contributed by atoms with Crippen molar-refractivity contribution in [1.29, 1.82) is 0 Å². The summed E-state index contributed by atoms with van der Waals surface area (Å²) in [5.74, 6) is 0.170. The van der Waals surface area contributed by atoms with Gasteiger partial charge in [-0.15, -0.1) is 0 Å². The molecule has 138 valence electrons. The van der Waals surface area contributed by atoms with Crippen LogP contribution in [0.25, 0.3) is 0 Å². The minimum absolute atomic E-state index is 0.0481. The predicted octanol–water partition coefficient (Wildman–Crippen LogP) is 3.68. The third kappa shape index (κ3) is 3.92. The average molecular weight is 357 g/mol. The van der Waals surface area contributed by atoms with E-state index >= 15 is 0 Å². The van der Waals surface area contributed by atoms with E-state index in [4.69, 9.17) is 4.74 Å². The molecule has 2 aliphatic rings. The average Bonchev–Trinajstić information content (AvgIpc) is 2.86. The number of nitrogens with zero attached hydrogens (tertiary/aromatic N) is 1. The van der Waals surface area contributed by atoms with Gasteiger partial charge in [-0.2, -0.15) is 13.2 Å². The van der Waals surface area contributed by atoms with Gasteiger partial charge in [-0.25, -0.2) is 0 Å². The van der Waals surface area contributed by atoms with Crippen molar-refractivity contribution in [2.75, 3.05) is 18.1 Å². The number of anilines is 1. The lowest BCUT2D eigenvalue weighted by atomic mass is 9.68. The number of rotatable bonds is 3. The maximum atomic E-state index is 12.9. The maximum absolute atomic E-state index is 12.9. The summed E-state index contributed by atoms with van der Waals surface area (Å²) in [4.78, 5) is 14.6. The number of benzene rings is 1. The summed E-state index contributed by atoms with van der Waals surface area (Å²) in [7, 11) is 0. The summed E-state index contributed by atoms with van der Waals surface area (Å²) < 4.78 is 41.2. The minimum Gasteiger partial charge on any atom is -0.484 e. The Kier molecular flexibility index (Phi) is 4.47. The van der Waals surface area contributed by atoms with Gasteiger partial charge in [-0.3, -0.25) is 4.79 Å². The van der Waals surface area contributed by atoms with Gasteiger partial charge in [-0.1, -0.05) is 0 Å². The molecule has 25 heavy (non-hydrogen) atoms. The summed E-state index contributed by atoms with van der Waals surface area (Å²) in [6.07, 6.45) is -1.08. The van der Waals surface area contributed by atoms with Crippen molar-refractivity contribution < 1.29 is 27.8 Å². The molecule has 1 saturated carbocycles. The maximum Gasteiger partial charge on any atom is 0.422 e. The number of carbonyl (C=O) groups is 1. The van der Waals surface area contributed by atoms with Gasteiger partial charge < -0.3 is 14.7 Å². The molecule has 0 unspecified atom stereocenters. The van der Waals surface area contributed by atoms with E-state index in [-0.39, 0.29) is 11.7 Å². The fourth-order valence-electron chi connectivity index (χ4n) is 3.69. The molecule has 1 N–H and O–H groups in total. The van der Waals surface area contributed by atoms with Crippen LogP contribution < -0.4 is 9.64 Å². The van der Waals surface area contributed by atoms with E-state index < -0.39 is 23.8 Å². The molecule has 1 saturated heterocycles. The molecule has 0 aromatic heterocycles. The highest BCUT2D eigenvalue weighted by molar-refractivity contribution is 6.00. The summed E-state index contributed by atoms with van der Waals surface area (Å²) in [6, 6.07) is 6.12. The summed E-state index contributed by atoms with van der Waals surface area (Å²) >= 11 is 0. The van der Waals surface area contributed by atoms with Crippen LogP contribution in [0.4, 0.5) is 18.9 Å². The summed E-state index contributed by atoms with van der Waals surface area (Å²) in [6.45, 7) is 1.05. The first kappa shape index (κ1) is 18.0. The monoisotopic (exact) mass is 357 g/mol. The molecule has 0 bridgehead atoms. The van der Waals surface area contributed by atoms with Crippen LogP contribution in [-0.4, -0.2) is 35.9 Å². The smallest absolute Gasteiger partial charge is 0.422 e. The van der Waals surface area contributed by atoms with E-state index in [1.165, 1.54) is 12.1 Å². The Labute approximate surface area is 144 Å². The molecule has 0 atom stereocenters. The lowest BCUT2D eigenvalue weighted by molar-refractivity contribution is -0.153. The fraction of sp³-hybridized carbons (Fsp3) is 0.611. The molecule has 1 heterocycles. The highest BCUT2D eigenvalue weighted by Crippen LogP contribution is 2.48.